The standard InChI is InChI=1S/C24H30N2O6/c1-16(25-32-14-17-4-6-19(7-5-17)26(29)30)20-12-22(28)23(31-3)13-21(20)18-8-10-24(2,15-27)11-9-18/h4-7,12-13,18,27-28H,8-11,14-15H2,1-3H3. The maximum Gasteiger partial charge on any atom is 0.269 e. The molecule has 0 aromatic heterocycles. The van der Waals surface area contributed by atoms with E-state index in [9.17, 15) is 20.3 Å². The molecular weight excluding hydrogens is 412 g/mol. The van der Waals surface area contributed by atoms with Crippen molar-refractivity contribution in [2.45, 2.75) is 52.1 Å². The number of oxime groups is 1. The van der Waals surface area contributed by atoms with E-state index in [2.05, 4.69) is 12.1 Å². The lowest BCUT2D eigenvalue weighted by Gasteiger charge is -2.36. The summed E-state index contributed by atoms with van der Waals surface area (Å²) in [5, 5.41) is 35.0. The SMILES string of the molecule is COc1cc(C2CCC(C)(CO)CC2)c(C(C)=NOCc2ccc([N+](=O)[O-])cc2)cc1O. The second-order valence-electron chi connectivity index (χ2n) is 8.73. The van der Waals surface area contributed by atoms with E-state index < -0.39 is 4.92 Å². The molecule has 2 N–H and O–H groups in total. The number of benzene rings is 2. The minimum Gasteiger partial charge on any atom is -0.504 e. The van der Waals surface area contributed by atoms with Gasteiger partial charge in [0.15, 0.2) is 11.5 Å². The number of aromatic hydroxyl groups is 1. The number of aliphatic hydroxyl groups excluding tert-OH is 1. The number of phenolic OH excluding ortho intramolecular Hbond substituents is 1. The maximum atomic E-state index is 10.8. The predicted molar refractivity (Wildman–Crippen MR) is 121 cm³/mol. The van der Waals surface area contributed by atoms with E-state index in [1.807, 2.05) is 13.0 Å². The summed E-state index contributed by atoms with van der Waals surface area (Å²) in [6.07, 6.45) is 3.69. The average Bonchev–Trinajstić information content (AvgIpc) is 2.80. The lowest BCUT2D eigenvalue weighted by atomic mass is 9.69. The first-order valence-electron chi connectivity index (χ1n) is 10.7. The Bertz CT molecular complexity index is 979. The van der Waals surface area contributed by atoms with Crippen LogP contribution in [0, 0.1) is 15.5 Å². The van der Waals surface area contributed by atoms with E-state index in [1.54, 1.807) is 18.2 Å². The van der Waals surface area contributed by atoms with Crippen molar-refractivity contribution < 1.29 is 24.7 Å². The average molecular weight is 443 g/mol. The van der Waals surface area contributed by atoms with E-state index in [0.717, 1.165) is 42.4 Å². The number of non-ortho nitro benzene ring substituents is 1. The van der Waals surface area contributed by atoms with Gasteiger partial charge in [0.1, 0.15) is 6.61 Å². The molecular formula is C24H30N2O6. The Morgan fingerprint density at radius 1 is 1.25 bits per heavy atom. The van der Waals surface area contributed by atoms with Gasteiger partial charge in [-0.3, -0.25) is 10.1 Å². The van der Waals surface area contributed by atoms with Crippen LogP contribution in [0.3, 0.4) is 0 Å². The Morgan fingerprint density at radius 2 is 1.91 bits per heavy atom. The molecule has 8 nitrogen and oxygen atoms in total. The second kappa shape index (κ2) is 9.99. The zero-order valence-corrected chi connectivity index (χ0v) is 18.7. The zero-order chi connectivity index (χ0) is 23.3. The van der Waals surface area contributed by atoms with Crippen molar-refractivity contribution in [3.8, 4) is 11.5 Å². The van der Waals surface area contributed by atoms with Crippen LogP contribution in [0.15, 0.2) is 41.6 Å². The van der Waals surface area contributed by atoms with E-state index in [0.29, 0.717) is 11.5 Å². The van der Waals surface area contributed by atoms with Crippen LogP contribution in [0.2, 0.25) is 0 Å². The first-order chi connectivity index (χ1) is 15.3. The molecule has 0 bridgehead atoms. The molecule has 2 aromatic rings. The van der Waals surface area contributed by atoms with Gasteiger partial charge in [-0.15, -0.1) is 0 Å². The predicted octanol–water partition coefficient (Wildman–Crippen LogP) is 4.91. The molecule has 3 rings (SSSR count). The summed E-state index contributed by atoms with van der Waals surface area (Å²) < 4.78 is 5.33. The molecule has 0 saturated heterocycles. The highest BCUT2D eigenvalue weighted by Gasteiger charge is 2.32. The summed E-state index contributed by atoms with van der Waals surface area (Å²) in [6.45, 7) is 4.29. The summed E-state index contributed by atoms with van der Waals surface area (Å²) in [5.41, 5.74) is 3.20. The van der Waals surface area contributed by atoms with Gasteiger partial charge in [0.25, 0.3) is 5.69 Å². The van der Waals surface area contributed by atoms with E-state index in [4.69, 9.17) is 9.57 Å². The molecule has 0 atom stereocenters. The van der Waals surface area contributed by atoms with Crippen LogP contribution in [0.1, 0.15) is 62.1 Å². The molecule has 0 unspecified atom stereocenters. The van der Waals surface area contributed by atoms with Crippen molar-refractivity contribution in [1.82, 2.24) is 0 Å². The Morgan fingerprint density at radius 3 is 2.47 bits per heavy atom. The van der Waals surface area contributed by atoms with Gasteiger partial charge in [-0.25, -0.2) is 0 Å². The molecule has 1 saturated carbocycles. The maximum absolute atomic E-state index is 10.8. The minimum absolute atomic E-state index is 0.0246. The third kappa shape index (κ3) is 5.37. The number of methoxy groups -OCH3 is 1. The Labute approximate surface area is 187 Å². The highest BCUT2D eigenvalue weighted by Crippen LogP contribution is 2.45. The molecule has 0 radical (unpaired) electrons. The molecule has 172 valence electrons. The number of ether oxygens (including phenoxy) is 1. The van der Waals surface area contributed by atoms with Gasteiger partial charge < -0.3 is 19.8 Å². The number of aliphatic hydroxyl groups is 1. The number of nitro groups is 1. The highest BCUT2D eigenvalue weighted by molar-refractivity contribution is 6.00. The van der Waals surface area contributed by atoms with E-state index in [-0.39, 0.29) is 36.0 Å². The van der Waals surface area contributed by atoms with Crippen molar-refractivity contribution >= 4 is 11.4 Å². The fourth-order valence-corrected chi connectivity index (χ4v) is 4.15. The van der Waals surface area contributed by atoms with Crippen molar-refractivity contribution in [2.75, 3.05) is 13.7 Å². The molecule has 32 heavy (non-hydrogen) atoms. The van der Waals surface area contributed by atoms with Crippen molar-refractivity contribution in [3.05, 3.63) is 63.2 Å². The fourth-order valence-electron chi connectivity index (χ4n) is 4.15. The summed E-state index contributed by atoms with van der Waals surface area (Å²) in [5.74, 6) is 0.713. The number of nitro benzene ring substituents is 1. The first-order valence-corrected chi connectivity index (χ1v) is 10.7. The molecule has 1 fully saturated rings. The zero-order valence-electron chi connectivity index (χ0n) is 18.7. The monoisotopic (exact) mass is 442 g/mol. The topological polar surface area (TPSA) is 114 Å². The summed E-state index contributed by atoms with van der Waals surface area (Å²) in [6, 6.07) is 9.65. The minimum atomic E-state index is -0.445. The largest absolute Gasteiger partial charge is 0.504 e. The third-order valence-electron chi connectivity index (χ3n) is 6.33. The van der Waals surface area contributed by atoms with Gasteiger partial charge in [0, 0.05) is 24.3 Å². The number of rotatable bonds is 8. The molecule has 8 heteroatoms. The van der Waals surface area contributed by atoms with Crippen molar-refractivity contribution in [2.24, 2.45) is 10.6 Å². The second-order valence-corrected chi connectivity index (χ2v) is 8.73. The van der Waals surface area contributed by atoms with Crippen LogP contribution in [0.25, 0.3) is 0 Å². The number of hydrogen-bond acceptors (Lipinski definition) is 7. The number of hydrogen-bond donors (Lipinski definition) is 2. The van der Waals surface area contributed by atoms with Crippen LogP contribution in [0.5, 0.6) is 11.5 Å². The third-order valence-corrected chi connectivity index (χ3v) is 6.33. The van der Waals surface area contributed by atoms with E-state index in [1.165, 1.54) is 19.2 Å². The lowest BCUT2D eigenvalue weighted by molar-refractivity contribution is -0.384. The normalized spacial score (nSPS) is 21.2. The molecule has 1 aliphatic rings. The van der Waals surface area contributed by atoms with Crippen molar-refractivity contribution in [3.63, 3.8) is 0 Å². The smallest absolute Gasteiger partial charge is 0.269 e. The quantitative estimate of drug-likeness (QED) is 0.341. The molecule has 0 heterocycles. The van der Waals surface area contributed by atoms with Crippen molar-refractivity contribution in [1.29, 1.82) is 0 Å². The molecule has 1 aliphatic carbocycles. The van der Waals surface area contributed by atoms with Gasteiger partial charge in [-0.05, 0) is 79.3 Å². The van der Waals surface area contributed by atoms with Gasteiger partial charge >= 0.3 is 0 Å². The first kappa shape index (κ1) is 23.5. The number of phenols is 1. The Balaban J connectivity index is 1.79. The summed E-state index contributed by atoms with van der Waals surface area (Å²) >= 11 is 0. The lowest BCUT2D eigenvalue weighted by Crippen LogP contribution is -2.27. The molecule has 0 aliphatic heterocycles. The van der Waals surface area contributed by atoms with Crippen LogP contribution < -0.4 is 4.74 Å². The summed E-state index contributed by atoms with van der Waals surface area (Å²) in [4.78, 5) is 15.8. The summed E-state index contributed by atoms with van der Waals surface area (Å²) in [7, 11) is 1.52. The number of nitrogens with zero attached hydrogens (tertiary/aromatic N) is 2. The van der Waals surface area contributed by atoms with Crippen LogP contribution >= 0.6 is 0 Å². The van der Waals surface area contributed by atoms with Crippen LogP contribution in [-0.2, 0) is 11.4 Å². The molecule has 2 aromatic carbocycles. The fraction of sp³-hybridized carbons (Fsp3) is 0.458. The van der Waals surface area contributed by atoms with E-state index >= 15 is 0 Å². The van der Waals surface area contributed by atoms with Crippen LogP contribution in [0.4, 0.5) is 5.69 Å². The van der Waals surface area contributed by atoms with Gasteiger partial charge in [0.2, 0.25) is 0 Å². The Kier molecular flexibility index (Phi) is 7.35. The van der Waals surface area contributed by atoms with Crippen LogP contribution in [-0.4, -0.2) is 34.6 Å². The van der Waals surface area contributed by atoms with Gasteiger partial charge in [-0.1, -0.05) is 12.1 Å². The molecule has 0 amide bonds. The molecule has 0 spiro atoms. The highest BCUT2D eigenvalue weighted by atomic mass is 16.6. The van der Waals surface area contributed by atoms with Gasteiger partial charge in [0.05, 0.1) is 17.7 Å². The van der Waals surface area contributed by atoms with Gasteiger partial charge in [-0.2, -0.15) is 0 Å². The Hall–Kier alpha value is -3.13.